The van der Waals surface area contributed by atoms with Crippen molar-refractivity contribution >= 4 is 52.1 Å². The summed E-state index contributed by atoms with van der Waals surface area (Å²) >= 11 is 12.3. The zero-order valence-corrected chi connectivity index (χ0v) is 22.3. The third kappa shape index (κ3) is 4.91. The molecule has 37 heavy (non-hydrogen) atoms. The number of nitrogens with zero attached hydrogens (tertiary/aromatic N) is 1. The largest absolute Gasteiger partial charge is 0.497 e. The van der Waals surface area contributed by atoms with E-state index in [2.05, 4.69) is 24.5 Å². The van der Waals surface area contributed by atoms with Crippen LogP contribution in [0.5, 0.6) is 5.75 Å². The number of allylic oxidation sites excluding steroid dienone is 1. The molecule has 3 aromatic rings. The van der Waals surface area contributed by atoms with Gasteiger partial charge in [0.15, 0.2) is 5.78 Å². The monoisotopic (exact) mass is 535 g/mol. The van der Waals surface area contributed by atoms with Crippen LogP contribution in [0.15, 0.2) is 78.0 Å². The van der Waals surface area contributed by atoms with Crippen molar-refractivity contribution in [1.29, 1.82) is 0 Å². The average molecular weight is 536 g/mol. The molecule has 5 rings (SSSR count). The maximum absolute atomic E-state index is 14.0. The van der Waals surface area contributed by atoms with Gasteiger partial charge in [-0.2, -0.15) is 0 Å². The molecule has 0 aromatic heterocycles. The van der Waals surface area contributed by atoms with Gasteiger partial charge in [-0.25, -0.2) is 4.79 Å². The number of hydrogen-bond acceptors (Lipinski definition) is 4. The normalized spacial score (nSPS) is 18.4. The number of rotatable bonds is 3. The Hall–Kier alpha value is -3.48. The molecule has 190 valence electrons. The fourth-order valence-electron chi connectivity index (χ4n) is 5.07. The Morgan fingerprint density at radius 1 is 1.03 bits per heavy atom. The van der Waals surface area contributed by atoms with Crippen LogP contribution in [0.2, 0.25) is 10.0 Å². The van der Waals surface area contributed by atoms with Crippen LogP contribution in [0.1, 0.15) is 38.3 Å². The number of hydrogen-bond donors (Lipinski definition) is 2. The van der Waals surface area contributed by atoms with Gasteiger partial charge in [-0.1, -0.05) is 61.3 Å². The predicted molar refractivity (Wildman–Crippen MR) is 149 cm³/mol. The number of urea groups is 1. The number of halogens is 2. The molecule has 0 saturated heterocycles. The molecular formula is C29H27Cl2N3O3. The van der Waals surface area contributed by atoms with Crippen LogP contribution in [0, 0.1) is 5.41 Å². The first-order chi connectivity index (χ1) is 17.7. The van der Waals surface area contributed by atoms with Crippen LogP contribution >= 0.6 is 23.2 Å². The molecule has 1 aliphatic heterocycles. The van der Waals surface area contributed by atoms with Crippen LogP contribution in [-0.4, -0.2) is 18.9 Å². The molecule has 2 aliphatic rings. The smallest absolute Gasteiger partial charge is 0.327 e. The lowest BCUT2D eigenvalue weighted by Crippen LogP contribution is -2.41. The zero-order chi connectivity index (χ0) is 26.3. The highest BCUT2D eigenvalue weighted by Gasteiger charge is 2.43. The molecule has 0 fully saturated rings. The van der Waals surface area contributed by atoms with Crippen molar-refractivity contribution in [2.45, 2.75) is 32.7 Å². The van der Waals surface area contributed by atoms with Gasteiger partial charge in [0.1, 0.15) is 5.75 Å². The second-order valence-electron chi connectivity index (χ2n) is 10.1. The number of ether oxygens (including phenoxy) is 1. The highest BCUT2D eigenvalue weighted by molar-refractivity contribution is 6.42. The molecular weight excluding hydrogens is 509 g/mol. The molecule has 2 N–H and O–H groups in total. The maximum atomic E-state index is 14.0. The predicted octanol–water partition coefficient (Wildman–Crippen LogP) is 7.85. The summed E-state index contributed by atoms with van der Waals surface area (Å²) in [5.74, 6) is 0.702. The van der Waals surface area contributed by atoms with E-state index in [1.54, 1.807) is 30.2 Å². The Balaban J connectivity index is 1.70. The summed E-state index contributed by atoms with van der Waals surface area (Å²) in [4.78, 5) is 29.4. The van der Waals surface area contributed by atoms with E-state index in [1.807, 2.05) is 48.5 Å². The van der Waals surface area contributed by atoms with E-state index >= 15 is 0 Å². The van der Waals surface area contributed by atoms with Crippen LogP contribution in [0.3, 0.4) is 0 Å². The van der Waals surface area contributed by atoms with Gasteiger partial charge in [0, 0.05) is 23.4 Å². The maximum Gasteiger partial charge on any atom is 0.327 e. The standard InChI is InChI=1S/C29H27Cl2N3O3/c1-29(2)15-23-26(25(35)16-29)27(17-8-11-19(37-3)12-9-17)34(24-7-5-4-6-22(24)33-23)28(36)32-18-10-13-20(30)21(31)14-18/h4-14,27,33H,15-16H2,1-3H3,(H,32,36). The van der Waals surface area contributed by atoms with Crippen LogP contribution in [0.25, 0.3) is 0 Å². The number of fused-ring (bicyclic) bond motifs is 1. The highest BCUT2D eigenvalue weighted by Crippen LogP contribution is 2.48. The number of carbonyl (C=O) groups is 2. The van der Waals surface area contributed by atoms with Crippen molar-refractivity contribution in [2.24, 2.45) is 5.41 Å². The van der Waals surface area contributed by atoms with Crippen molar-refractivity contribution in [3.63, 3.8) is 0 Å². The van der Waals surface area contributed by atoms with Crippen molar-refractivity contribution in [2.75, 3.05) is 22.6 Å². The Bertz CT molecular complexity index is 1420. The van der Waals surface area contributed by atoms with Gasteiger partial charge >= 0.3 is 6.03 Å². The summed E-state index contributed by atoms with van der Waals surface area (Å²) in [5, 5.41) is 7.19. The molecule has 0 spiro atoms. The number of para-hydroxylation sites is 2. The summed E-state index contributed by atoms with van der Waals surface area (Å²) in [6.07, 6.45) is 1.07. The van der Waals surface area contributed by atoms with Crippen LogP contribution in [0.4, 0.5) is 21.9 Å². The summed E-state index contributed by atoms with van der Waals surface area (Å²) in [6, 6.07) is 18.9. The topological polar surface area (TPSA) is 70.7 Å². The van der Waals surface area contributed by atoms with E-state index in [9.17, 15) is 9.59 Å². The minimum atomic E-state index is -0.663. The van der Waals surface area contributed by atoms with Gasteiger partial charge in [-0.15, -0.1) is 0 Å². The van der Waals surface area contributed by atoms with E-state index in [1.165, 1.54) is 0 Å². The van der Waals surface area contributed by atoms with Gasteiger partial charge in [0.2, 0.25) is 0 Å². The summed E-state index contributed by atoms with van der Waals surface area (Å²) in [5.41, 5.74) is 3.91. The summed E-state index contributed by atoms with van der Waals surface area (Å²) in [6.45, 7) is 4.18. The molecule has 0 radical (unpaired) electrons. The Morgan fingerprint density at radius 3 is 2.46 bits per heavy atom. The van der Waals surface area contributed by atoms with Crippen molar-refractivity contribution in [3.05, 3.63) is 93.6 Å². The summed E-state index contributed by atoms with van der Waals surface area (Å²) in [7, 11) is 1.60. The van der Waals surface area contributed by atoms with E-state index in [0.29, 0.717) is 45.6 Å². The third-order valence-corrected chi connectivity index (χ3v) is 7.46. The fourth-order valence-corrected chi connectivity index (χ4v) is 5.37. The Kier molecular flexibility index (Phi) is 6.65. The quantitative estimate of drug-likeness (QED) is 0.358. The van der Waals surface area contributed by atoms with Crippen LogP contribution in [-0.2, 0) is 4.79 Å². The van der Waals surface area contributed by atoms with E-state index < -0.39 is 12.1 Å². The van der Waals surface area contributed by atoms with Crippen molar-refractivity contribution in [1.82, 2.24) is 0 Å². The number of methoxy groups -OCH3 is 1. The number of Topliss-reactive ketones (excluding diaryl/α,β-unsaturated/α-hetero) is 1. The van der Waals surface area contributed by atoms with Crippen molar-refractivity contribution < 1.29 is 14.3 Å². The molecule has 8 heteroatoms. The van der Waals surface area contributed by atoms with Gasteiger partial charge in [-0.05, 0) is 59.9 Å². The lowest BCUT2D eigenvalue weighted by atomic mass is 9.73. The van der Waals surface area contributed by atoms with Gasteiger partial charge < -0.3 is 15.4 Å². The average Bonchev–Trinajstić information content (AvgIpc) is 3.00. The number of ketones is 1. The minimum Gasteiger partial charge on any atom is -0.497 e. The molecule has 1 heterocycles. The lowest BCUT2D eigenvalue weighted by Gasteiger charge is -2.37. The van der Waals surface area contributed by atoms with Gasteiger partial charge in [0.25, 0.3) is 0 Å². The number of benzene rings is 3. The van der Waals surface area contributed by atoms with Gasteiger partial charge in [-0.3, -0.25) is 9.69 Å². The number of amides is 2. The van der Waals surface area contributed by atoms with Crippen LogP contribution < -0.4 is 20.3 Å². The highest BCUT2D eigenvalue weighted by atomic mass is 35.5. The molecule has 0 saturated carbocycles. The van der Waals surface area contributed by atoms with E-state index in [0.717, 1.165) is 16.9 Å². The number of anilines is 3. The lowest BCUT2D eigenvalue weighted by molar-refractivity contribution is -0.118. The molecule has 1 atom stereocenters. The Labute approximate surface area is 226 Å². The Morgan fingerprint density at radius 2 is 1.76 bits per heavy atom. The minimum absolute atomic E-state index is 0.0136. The first kappa shape index (κ1) is 25.2. The van der Waals surface area contributed by atoms with Gasteiger partial charge in [0.05, 0.1) is 34.6 Å². The van der Waals surface area contributed by atoms with E-state index in [4.69, 9.17) is 27.9 Å². The molecule has 0 bridgehead atoms. The first-order valence-corrected chi connectivity index (χ1v) is 12.7. The van der Waals surface area contributed by atoms with E-state index in [-0.39, 0.29) is 11.2 Å². The molecule has 6 nitrogen and oxygen atoms in total. The van der Waals surface area contributed by atoms with Crippen molar-refractivity contribution in [3.8, 4) is 5.75 Å². The zero-order valence-electron chi connectivity index (χ0n) is 20.8. The molecule has 3 aromatic carbocycles. The first-order valence-electron chi connectivity index (χ1n) is 12.0. The number of nitrogens with one attached hydrogen (secondary N) is 2. The second kappa shape index (κ2) is 9.77. The summed E-state index contributed by atoms with van der Waals surface area (Å²) < 4.78 is 5.36. The molecule has 1 aliphatic carbocycles. The number of carbonyl (C=O) groups excluding carboxylic acids is 2. The fraction of sp³-hybridized carbons (Fsp3) is 0.241. The SMILES string of the molecule is COc1ccc(C2C3=C(CC(C)(C)CC3=O)Nc3ccccc3N2C(=O)Nc2ccc(Cl)c(Cl)c2)cc1. The molecule has 2 amide bonds. The second-order valence-corrected chi connectivity index (χ2v) is 10.9. The molecule has 1 unspecified atom stereocenters. The third-order valence-electron chi connectivity index (χ3n) is 6.72.